The number of rotatable bonds is 3. The maximum atomic E-state index is 5.51. The van der Waals surface area contributed by atoms with Gasteiger partial charge in [-0.2, -0.15) is 4.98 Å². The fraction of sp³-hybridized carbons (Fsp3) is 0.500. The third kappa shape index (κ3) is 2.00. The summed E-state index contributed by atoms with van der Waals surface area (Å²) in [5, 5.41) is 6.71. The molecule has 1 rings (SSSR count). The van der Waals surface area contributed by atoms with Gasteiger partial charge >= 0.3 is 0 Å². The normalized spacial score (nSPS) is 10.0. The zero-order chi connectivity index (χ0) is 8.27. The highest BCUT2D eigenvalue weighted by molar-refractivity contribution is 7.71. The fourth-order valence-corrected chi connectivity index (χ4v) is 0.780. The van der Waals surface area contributed by atoms with Crippen LogP contribution in [0.25, 0.3) is 0 Å². The minimum absolute atomic E-state index is 0.382. The number of nitrogens with one attached hydrogen (secondary N) is 2. The molecule has 6 nitrogen and oxygen atoms in total. The molecule has 0 aromatic carbocycles. The molecule has 0 radical (unpaired) electrons. The number of hydrazine groups is 1. The first kappa shape index (κ1) is 8.18. The molecule has 7 heteroatoms. The maximum absolute atomic E-state index is 5.51. The molecule has 0 unspecified atom stereocenters. The van der Waals surface area contributed by atoms with Gasteiger partial charge in [-0.05, 0) is 12.2 Å². The summed E-state index contributed by atoms with van der Waals surface area (Å²) in [6.07, 6.45) is 0. The Morgan fingerprint density at radius 2 is 2.27 bits per heavy atom. The molecular formula is C4H10N6S. The van der Waals surface area contributed by atoms with Gasteiger partial charge in [-0.3, -0.25) is 15.2 Å². The molecule has 1 aromatic heterocycles. The molecule has 0 fully saturated rings. The van der Waals surface area contributed by atoms with Crippen molar-refractivity contribution >= 4 is 18.2 Å². The summed E-state index contributed by atoms with van der Waals surface area (Å²) in [6, 6.07) is 0. The highest BCUT2D eigenvalue weighted by atomic mass is 32.1. The molecule has 0 amide bonds. The number of anilines is 1. The lowest BCUT2D eigenvalue weighted by atomic mass is 10.6. The third-order valence-electron chi connectivity index (χ3n) is 1.13. The predicted molar refractivity (Wildman–Crippen MR) is 44.4 cm³/mol. The van der Waals surface area contributed by atoms with Crippen molar-refractivity contribution in [2.24, 2.45) is 11.6 Å². The van der Waals surface area contributed by atoms with E-state index in [1.54, 1.807) is 0 Å². The van der Waals surface area contributed by atoms with E-state index >= 15 is 0 Å². The molecule has 0 saturated heterocycles. The number of hydrogen-bond acceptors (Lipinski definition) is 5. The third-order valence-corrected chi connectivity index (χ3v) is 1.32. The molecule has 0 aliphatic heterocycles. The average Bonchev–Trinajstić information content (AvgIpc) is 2.36. The SMILES string of the molecule is NCCN(N)c1nc(=S)[nH][nH]1. The zero-order valence-corrected chi connectivity index (χ0v) is 6.69. The van der Waals surface area contributed by atoms with Gasteiger partial charge < -0.3 is 5.73 Å². The van der Waals surface area contributed by atoms with Crippen LogP contribution >= 0.6 is 12.2 Å². The van der Waals surface area contributed by atoms with Crippen molar-refractivity contribution in [3.63, 3.8) is 0 Å². The predicted octanol–water partition coefficient (Wildman–Crippen LogP) is -0.894. The summed E-state index contributed by atoms with van der Waals surface area (Å²) in [6.45, 7) is 1.01. The summed E-state index contributed by atoms with van der Waals surface area (Å²) in [7, 11) is 0. The minimum Gasteiger partial charge on any atom is -0.329 e. The van der Waals surface area contributed by atoms with E-state index in [9.17, 15) is 0 Å². The second-order valence-electron chi connectivity index (χ2n) is 1.97. The fourth-order valence-electron chi connectivity index (χ4n) is 0.642. The summed E-state index contributed by atoms with van der Waals surface area (Å²) in [4.78, 5) is 3.88. The van der Waals surface area contributed by atoms with Crippen molar-refractivity contribution in [3.05, 3.63) is 4.77 Å². The van der Waals surface area contributed by atoms with Crippen molar-refractivity contribution in [3.8, 4) is 0 Å². The Kier molecular flexibility index (Phi) is 2.58. The van der Waals surface area contributed by atoms with Crippen molar-refractivity contribution in [2.45, 2.75) is 0 Å². The Morgan fingerprint density at radius 3 is 2.73 bits per heavy atom. The molecule has 0 spiro atoms. The number of aromatic nitrogens is 3. The molecule has 62 valence electrons. The van der Waals surface area contributed by atoms with Gasteiger partial charge in [0.2, 0.25) is 10.7 Å². The first-order valence-electron chi connectivity index (χ1n) is 3.11. The summed E-state index contributed by atoms with van der Waals surface area (Å²) in [5.41, 5.74) is 5.27. The van der Waals surface area contributed by atoms with Gasteiger partial charge in [0.05, 0.1) is 0 Å². The van der Waals surface area contributed by atoms with Crippen LogP contribution < -0.4 is 16.6 Å². The van der Waals surface area contributed by atoms with Crippen LogP contribution in [0.3, 0.4) is 0 Å². The summed E-state index contributed by atoms with van der Waals surface area (Å²) in [5.74, 6) is 6.01. The number of H-pyrrole nitrogens is 2. The van der Waals surface area contributed by atoms with E-state index in [2.05, 4.69) is 15.2 Å². The van der Waals surface area contributed by atoms with E-state index < -0.39 is 0 Å². The Morgan fingerprint density at radius 1 is 1.55 bits per heavy atom. The van der Waals surface area contributed by atoms with Crippen molar-refractivity contribution in [2.75, 3.05) is 18.1 Å². The second-order valence-corrected chi connectivity index (χ2v) is 2.36. The van der Waals surface area contributed by atoms with Crippen LogP contribution in [0.4, 0.5) is 5.95 Å². The summed E-state index contributed by atoms with van der Waals surface area (Å²) < 4.78 is 0.382. The number of nitrogens with zero attached hydrogens (tertiary/aromatic N) is 2. The monoisotopic (exact) mass is 174 g/mol. The van der Waals surface area contributed by atoms with Crippen LogP contribution in [0, 0.1) is 4.77 Å². The smallest absolute Gasteiger partial charge is 0.235 e. The van der Waals surface area contributed by atoms with Gasteiger partial charge in [0.1, 0.15) is 0 Å². The van der Waals surface area contributed by atoms with E-state index in [0.29, 0.717) is 23.8 Å². The lowest BCUT2D eigenvalue weighted by molar-refractivity contribution is 0.799. The molecule has 0 bridgehead atoms. The Balaban J connectivity index is 2.68. The topological polar surface area (TPSA) is 99.8 Å². The van der Waals surface area contributed by atoms with Gasteiger partial charge in [-0.25, -0.2) is 5.84 Å². The molecule has 0 aliphatic rings. The first-order chi connectivity index (χ1) is 5.24. The quantitative estimate of drug-likeness (QED) is 0.270. The van der Waals surface area contributed by atoms with E-state index in [1.807, 2.05) is 0 Å². The maximum Gasteiger partial charge on any atom is 0.235 e. The number of hydrogen-bond donors (Lipinski definition) is 4. The zero-order valence-electron chi connectivity index (χ0n) is 5.87. The second kappa shape index (κ2) is 3.46. The molecule has 0 saturated carbocycles. The van der Waals surface area contributed by atoms with Gasteiger partial charge in [-0.1, -0.05) is 0 Å². The van der Waals surface area contributed by atoms with Crippen LogP contribution in [-0.2, 0) is 0 Å². The molecule has 1 heterocycles. The Bertz CT molecular complexity index is 264. The van der Waals surface area contributed by atoms with Crippen molar-refractivity contribution in [1.82, 2.24) is 15.2 Å². The Labute approximate surface area is 68.5 Å². The standard InChI is InChI=1S/C4H10N6S/c5-1-2-10(6)3-7-4(11)9-8-3/h1-2,5-6H2,(H2,7,8,9,11). The molecule has 1 aromatic rings. The van der Waals surface area contributed by atoms with Crippen LogP contribution in [0.1, 0.15) is 0 Å². The molecule has 0 atom stereocenters. The molecule has 0 aliphatic carbocycles. The van der Waals surface area contributed by atoms with Gasteiger partial charge in [0.15, 0.2) is 0 Å². The first-order valence-corrected chi connectivity index (χ1v) is 3.52. The molecule has 11 heavy (non-hydrogen) atoms. The molecule has 6 N–H and O–H groups in total. The van der Waals surface area contributed by atoms with Gasteiger partial charge in [0, 0.05) is 13.1 Å². The van der Waals surface area contributed by atoms with Crippen LogP contribution in [0.2, 0.25) is 0 Å². The number of nitrogens with two attached hydrogens (primary N) is 2. The van der Waals surface area contributed by atoms with Crippen LogP contribution in [-0.4, -0.2) is 28.3 Å². The van der Waals surface area contributed by atoms with E-state index in [0.717, 1.165) is 0 Å². The van der Waals surface area contributed by atoms with Crippen molar-refractivity contribution < 1.29 is 0 Å². The van der Waals surface area contributed by atoms with Gasteiger partial charge in [-0.15, -0.1) is 0 Å². The minimum atomic E-state index is 0.382. The summed E-state index contributed by atoms with van der Waals surface area (Å²) >= 11 is 4.72. The largest absolute Gasteiger partial charge is 0.329 e. The highest BCUT2D eigenvalue weighted by Gasteiger charge is 2.01. The van der Waals surface area contributed by atoms with E-state index in [1.165, 1.54) is 5.01 Å². The lowest BCUT2D eigenvalue weighted by Gasteiger charge is -2.11. The average molecular weight is 174 g/mol. The van der Waals surface area contributed by atoms with Crippen molar-refractivity contribution in [1.29, 1.82) is 0 Å². The Hall–Kier alpha value is -0.920. The van der Waals surface area contributed by atoms with E-state index in [-0.39, 0.29) is 0 Å². The van der Waals surface area contributed by atoms with Gasteiger partial charge in [0.25, 0.3) is 0 Å². The number of aromatic amines is 2. The van der Waals surface area contributed by atoms with E-state index in [4.69, 9.17) is 23.8 Å². The highest BCUT2D eigenvalue weighted by Crippen LogP contribution is 1.97. The van der Waals surface area contributed by atoms with Crippen LogP contribution in [0.15, 0.2) is 0 Å². The van der Waals surface area contributed by atoms with Crippen LogP contribution in [0.5, 0.6) is 0 Å². The lowest BCUT2D eigenvalue weighted by Crippen LogP contribution is -2.36. The molecular weight excluding hydrogens is 164 g/mol.